The fourth-order valence-electron chi connectivity index (χ4n) is 2.70. The van der Waals surface area contributed by atoms with Gasteiger partial charge in [-0.15, -0.1) is 0 Å². The van der Waals surface area contributed by atoms with Crippen molar-refractivity contribution < 1.29 is 14.3 Å². The molecule has 0 aliphatic rings. The van der Waals surface area contributed by atoms with E-state index in [0.29, 0.717) is 23.6 Å². The summed E-state index contributed by atoms with van der Waals surface area (Å²) >= 11 is 2.14. The van der Waals surface area contributed by atoms with Gasteiger partial charge in [-0.2, -0.15) is 0 Å². The summed E-state index contributed by atoms with van der Waals surface area (Å²) in [5.74, 6) is 1.08. The molecular weight excluding hydrogens is 443 g/mol. The average Bonchev–Trinajstić information content (AvgIpc) is 2.68. The van der Waals surface area contributed by atoms with Crippen molar-refractivity contribution in [1.82, 2.24) is 5.32 Å². The quantitative estimate of drug-likeness (QED) is 0.448. The standard InChI is InChI=1S/C20H25IN2O3/c1-4-23(15-9-6-5-7-10-15)12-8-11-22-20(24)16-13-18(25-2)19(26-3)14-17(16)21/h5-7,9-10,13-14H,4,8,11-12H2,1-3H3,(H,22,24). The monoisotopic (exact) mass is 468 g/mol. The van der Waals surface area contributed by atoms with Gasteiger partial charge in [0.05, 0.1) is 19.8 Å². The number of nitrogens with one attached hydrogen (secondary N) is 1. The summed E-state index contributed by atoms with van der Waals surface area (Å²) in [4.78, 5) is 14.8. The molecule has 0 unspecified atom stereocenters. The summed E-state index contributed by atoms with van der Waals surface area (Å²) in [6, 6.07) is 13.8. The van der Waals surface area contributed by atoms with Crippen LogP contribution in [0.1, 0.15) is 23.7 Å². The smallest absolute Gasteiger partial charge is 0.252 e. The van der Waals surface area contributed by atoms with Gasteiger partial charge < -0.3 is 19.7 Å². The summed E-state index contributed by atoms with van der Waals surface area (Å²) in [6.45, 7) is 4.58. The Kier molecular flexibility index (Phi) is 8.03. The Bertz CT molecular complexity index is 722. The number of para-hydroxylation sites is 1. The zero-order valence-electron chi connectivity index (χ0n) is 15.4. The highest BCUT2D eigenvalue weighted by Gasteiger charge is 2.15. The minimum Gasteiger partial charge on any atom is -0.493 e. The molecule has 0 bridgehead atoms. The molecule has 2 aromatic carbocycles. The predicted octanol–water partition coefficient (Wildman–Crippen LogP) is 3.95. The highest BCUT2D eigenvalue weighted by Crippen LogP contribution is 2.31. The molecular formula is C20H25IN2O3. The SMILES string of the molecule is CCN(CCCNC(=O)c1cc(OC)c(OC)cc1I)c1ccccc1. The third-order valence-electron chi connectivity index (χ3n) is 4.11. The van der Waals surface area contributed by atoms with Crippen molar-refractivity contribution in [3.8, 4) is 11.5 Å². The fourth-order valence-corrected chi connectivity index (χ4v) is 3.39. The second-order valence-corrected chi connectivity index (χ2v) is 6.87. The molecule has 0 radical (unpaired) electrons. The number of rotatable bonds is 9. The number of carbonyl (C=O) groups excluding carboxylic acids is 1. The number of anilines is 1. The van der Waals surface area contributed by atoms with Crippen LogP contribution in [0.5, 0.6) is 11.5 Å². The van der Waals surface area contributed by atoms with Gasteiger partial charge in [0.25, 0.3) is 5.91 Å². The predicted molar refractivity (Wildman–Crippen MR) is 114 cm³/mol. The van der Waals surface area contributed by atoms with E-state index in [9.17, 15) is 4.79 Å². The van der Waals surface area contributed by atoms with E-state index in [1.165, 1.54) is 5.69 Å². The van der Waals surface area contributed by atoms with E-state index in [0.717, 1.165) is 23.1 Å². The largest absolute Gasteiger partial charge is 0.493 e. The minimum absolute atomic E-state index is 0.0990. The first kappa shape index (κ1) is 20.4. The molecule has 26 heavy (non-hydrogen) atoms. The molecule has 1 N–H and O–H groups in total. The third kappa shape index (κ3) is 5.27. The summed E-state index contributed by atoms with van der Waals surface area (Å²) in [5, 5.41) is 2.99. The number of methoxy groups -OCH3 is 2. The molecule has 0 fully saturated rings. The molecule has 6 heteroatoms. The lowest BCUT2D eigenvalue weighted by atomic mass is 10.2. The van der Waals surface area contributed by atoms with Crippen LogP contribution in [-0.4, -0.2) is 39.8 Å². The Morgan fingerprint density at radius 2 is 1.77 bits per heavy atom. The number of benzene rings is 2. The molecule has 0 aliphatic heterocycles. The second kappa shape index (κ2) is 10.3. The molecule has 0 saturated heterocycles. The summed E-state index contributed by atoms with van der Waals surface area (Å²) in [6.07, 6.45) is 0.873. The molecule has 2 aromatic rings. The van der Waals surface area contributed by atoms with Gasteiger partial charge in [-0.1, -0.05) is 18.2 Å². The van der Waals surface area contributed by atoms with Crippen molar-refractivity contribution in [2.24, 2.45) is 0 Å². The Balaban J connectivity index is 1.91. The van der Waals surface area contributed by atoms with Crippen molar-refractivity contribution in [3.05, 3.63) is 51.6 Å². The number of amides is 1. The van der Waals surface area contributed by atoms with E-state index in [1.54, 1.807) is 20.3 Å². The van der Waals surface area contributed by atoms with Crippen LogP contribution < -0.4 is 19.7 Å². The molecule has 5 nitrogen and oxygen atoms in total. The van der Waals surface area contributed by atoms with Crippen LogP contribution in [0.15, 0.2) is 42.5 Å². The highest BCUT2D eigenvalue weighted by atomic mass is 127. The van der Waals surface area contributed by atoms with Crippen LogP contribution in [0.25, 0.3) is 0 Å². The molecule has 0 atom stereocenters. The van der Waals surface area contributed by atoms with Crippen LogP contribution in [0.2, 0.25) is 0 Å². The lowest BCUT2D eigenvalue weighted by molar-refractivity contribution is 0.0952. The van der Waals surface area contributed by atoms with Crippen molar-refractivity contribution in [3.63, 3.8) is 0 Å². The minimum atomic E-state index is -0.0990. The van der Waals surface area contributed by atoms with E-state index in [-0.39, 0.29) is 5.91 Å². The first-order valence-corrected chi connectivity index (χ1v) is 9.68. The molecule has 140 valence electrons. The Labute approximate surface area is 168 Å². The maximum atomic E-state index is 12.5. The fraction of sp³-hybridized carbons (Fsp3) is 0.350. The zero-order chi connectivity index (χ0) is 18.9. The van der Waals surface area contributed by atoms with Gasteiger partial charge in [-0.25, -0.2) is 0 Å². The van der Waals surface area contributed by atoms with Gasteiger partial charge in [-0.05, 0) is 60.2 Å². The Hall–Kier alpha value is -1.96. The number of hydrogen-bond donors (Lipinski definition) is 1. The summed E-state index contributed by atoms with van der Waals surface area (Å²) in [7, 11) is 3.15. The van der Waals surface area contributed by atoms with Gasteiger partial charge in [0, 0.05) is 28.9 Å². The van der Waals surface area contributed by atoms with E-state index in [2.05, 4.69) is 51.9 Å². The van der Waals surface area contributed by atoms with E-state index in [1.807, 2.05) is 24.3 Å². The first-order valence-electron chi connectivity index (χ1n) is 8.60. The molecule has 0 aliphatic carbocycles. The number of carbonyl (C=O) groups is 1. The van der Waals surface area contributed by atoms with Crippen LogP contribution in [0.4, 0.5) is 5.69 Å². The highest BCUT2D eigenvalue weighted by molar-refractivity contribution is 14.1. The summed E-state index contributed by atoms with van der Waals surface area (Å²) < 4.78 is 11.4. The van der Waals surface area contributed by atoms with E-state index < -0.39 is 0 Å². The first-order chi connectivity index (χ1) is 12.6. The lowest BCUT2D eigenvalue weighted by Crippen LogP contribution is -2.30. The van der Waals surface area contributed by atoms with Crippen LogP contribution in [-0.2, 0) is 0 Å². The molecule has 2 rings (SSSR count). The number of hydrogen-bond acceptors (Lipinski definition) is 4. The van der Waals surface area contributed by atoms with Crippen LogP contribution in [0.3, 0.4) is 0 Å². The summed E-state index contributed by atoms with van der Waals surface area (Å²) in [5.41, 5.74) is 1.80. The van der Waals surface area contributed by atoms with Crippen molar-refractivity contribution >= 4 is 34.2 Å². The van der Waals surface area contributed by atoms with Gasteiger partial charge in [-0.3, -0.25) is 4.79 Å². The number of nitrogens with zero attached hydrogens (tertiary/aromatic N) is 1. The van der Waals surface area contributed by atoms with Gasteiger partial charge in [0.15, 0.2) is 11.5 Å². The van der Waals surface area contributed by atoms with E-state index >= 15 is 0 Å². The number of halogens is 1. The average molecular weight is 468 g/mol. The van der Waals surface area contributed by atoms with Crippen LogP contribution >= 0.6 is 22.6 Å². The molecule has 1 amide bonds. The Morgan fingerprint density at radius 3 is 2.38 bits per heavy atom. The van der Waals surface area contributed by atoms with Gasteiger partial charge in [0.2, 0.25) is 0 Å². The van der Waals surface area contributed by atoms with Crippen molar-refractivity contribution in [2.45, 2.75) is 13.3 Å². The van der Waals surface area contributed by atoms with Gasteiger partial charge in [0.1, 0.15) is 0 Å². The van der Waals surface area contributed by atoms with Crippen molar-refractivity contribution in [2.75, 3.05) is 38.8 Å². The molecule has 0 heterocycles. The number of ether oxygens (including phenoxy) is 2. The van der Waals surface area contributed by atoms with Crippen LogP contribution in [0, 0.1) is 3.57 Å². The maximum Gasteiger partial charge on any atom is 0.252 e. The molecule has 0 saturated carbocycles. The Morgan fingerprint density at radius 1 is 1.12 bits per heavy atom. The molecule has 0 spiro atoms. The zero-order valence-corrected chi connectivity index (χ0v) is 17.6. The third-order valence-corrected chi connectivity index (χ3v) is 5.00. The van der Waals surface area contributed by atoms with Gasteiger partial charge >= 0.3 is 0 Å². The normalized spacial score (nSPS) is 10.3. The van der Waals surface area contributed by atoms with Crippen molar-refractivity contribution in [1.29, 1.82) is 0 Å². The van der Waals surface area contributed by atoms with E-state index in [4.69, 9.17) is 9.47 Å². The lowest BCUT2D eigenvalue weighted by Gasteiger charge is -2.23. The topological polar surface area (TPSA) is 50.8 Å². The molecule has 0 aromatic heterocycles. The second-order valence-electron chi connectivity index (χ2n) is 5.71. The maximum absolute atomic E-state index is 12.5.